The maximum atomic E-state index is 11.6. The number of likely N-dealkylation sites (tertiary alicyclic amines) is 1. The highest BCUT2D eigenvalue weighted by Gasteiger charge is 2.19. The van der Waals surface area contributed by atoms with E-state index in [-0.39, 0.29) is 42.1 Å². The highest BCUT2D eigenvalue weighted by Crippen LogP contribution is 2.18. The largest absolute Gasteiger partial charge is 0.357 e. The summed E-state index contributed by atoms with van der Waals surface area (Å²) in [6.07, 6.45) is 2.45. The quantitative estimate of drug-likeness (QED) is 0.150. The van der Waals surface area contributed by atoms with E-state index in [9.17, 15) is 14.9 Å². The lowest BCUT2D eigenvalue weighted by atomic mass is 10.2. The molecule has 1 amide bonds. The standard InChI is InChI=1S/C17H25N5O3.HI/c1-2-18-17(19-10-6-12-21-11-5-9-16(21)23)20-13-14-7-3-4-8-15(14)22(24)25;/h3-4,7-8H,2,5-6,9-13H2,1H3,(H2,18,19,20);1H. The summed E-state index contributed by atoms with van der Waals surface area (Å²) < 4.78 is 0. The molecule has 1 aromatic rings. The second-order valence-electron chi connectivity index (χ2n) is 5.85. The Hall–Kier alpha value is -1.91. The van der Waals surface area contributed by atoms with Gasteiger partial charge in [-0.15, -0.1) is 24.0 Å². The van der Waals surface area contributed by atoms with Gasteiger partial charge in [0.2, 0.25) is 5.91 Å². The normalized spacial score (nSPS) is 14.1. The molecule has 0 spiro atoms. The molecule has 0 atom stereocenters. The molecule has 1 heterocycles. The molecule has 144 valence electrons. The number of nitro benzene ring substituents is 1. The summed E-state index contributed by atoms with van der Waals surface area (Å²) in [5.41, 5.74) is 0.655. The van der Waals surface area contributed by atoms with Gasteiger partial charge in [0.15, 0.2) is 5.96 Å². The molecule has 0 unspecified atom stereocenters. The van der Waals surface area contributed by atoms with E-state index in [1.807, 2.05) is 11.8 Å². The number of benzene rings is 1. The number of nitrogens with zero attached hydrogens (tertiary/aromatic N) is 3. The number of amides is 1. The molecule has 0 bridgehead atoms. The van der Waals surface area contributed by atoms with Crippen LogP contribution in [0.5, 0.6) is 0 Å². The first-order valence-corrected chi connectivity index (χ1v) is 8.64. The SMILES string of the molecule is CCNC(=NCc1ccccc1[N+](=O)[O-])NCCCN1CCCC1=O.I. The minimum Gasteiger partial charge on any atom is -0.357 e. The summed E-state index contributed by atoms with van der Waals surface area (Å²) in [6, 6.07) is 6.61. The Balaban J connectivity index is 0.00000338. The molecular weight excluding hydrogens is 449 g/mol. The van der Waals surface area contributed by atoms with Crippen molar-refractivity contribution in [3.8, 4) is 0 Å². The Kier molecular flexibility index (Phi) is 9.92. The average molecular weight is 475 g/mol. The number of hydrogen-bond donors (Lipinski definition) is 2. The van der Waals surface area contributed by atoms with Crippen molar-refractivity contribution in [1.82, 2.24) is 15.5 Å². The molecule has 1 aliphatic rings. The lowest BCUT2D eigenvalue weighted by molar-refractivity contribution is -0.385. The first kappa shape index (κ1) is 22.1. The van der Waals surface area contributed by atoms with E-state index in [0.29, 0.717) is 31.0 Å². The molecule has 1 aliphatic heterocycles. The topological polar surface area (TPSA) is 99.9 Å². The molecule has 1 fully saturated rings. The van der Waals surface area contributed by atoms with Crippen LogP contribution in [0.4, 0.5) is 5.69 Å². The smallest absolute Gasteiger partial charge is 0.274 e. The molecule has 1 saturated heterocycles. The Morgan fingerprint density at radius 3 is 2.77 bits per heavy atom. The second kappa shape index (κ2) is 11.7. The maximum absolute atomic E-state index is 11.6. The van der Waals surface area contributed by atoms with Gasteiger partial charge in [0.05, 0.1) is 17.0 Å². The number of halogens is 1. The monoisotopic (exact) mass is 475 g/mol. The van der Waals surface area contributed by atoms with Crippen LogP contribution in [-0.2, 0) is 11.3 Å². The van der Waals surface area contributed by atoms with E-state index in [0.717, 1.165) is 25.9 Å². The zero-order valence-corrected chi connectivity index (χ0v) is 17.3. The van der Waals surface area contributed by atoms with Gasteiger partial charge in [0, 0.05) is 38.7 Å². The lowest BCUT2D eigenvalue weighted by Crippen LogP contribution is -2.39. The summed E-state index contributed by atoms with van der Waals surface area (Å²) in [5.74, 6) is 0.852. The van der Waals surface area contributed by atoms with E-state index >= 15 is 0 Å². The van der Waals surface area contributed by atoms with Crippen LogP contribution in [0.25, 0.3) is 0 Å². The fourth-order valence-electron chi connectivity index (χ4n) is 2.75. The third-order valence-corrected chi connectivity index (χ3v) is 4.01. The van der Waals surface area contributed by atoms with Crippen LogP contribution >= 0.6 is 24.0 Å². The number of carbonyl (C=O) groups excluding carboxylic acids is 1. The van der Waals surface area contributed by atoms with E-state index in [1.165, 1.54) is 6.07 Å². The van der Waals surface area contributed by atoms with Gasteiger partial charge in [0.1, 0.15) is 0 Å². The van der Waals surface area contributed by atoms with Crippen LogP contribution in [-0.4, -0.2) is 47.9 Å². The first-order valence-electron chi connectivity index (χ1n) is 8.64. The number of para-hydroxylation sites is 1. The molecular formula is C17H26IN5O3. The van der Waals surface area contributed by atoms with Crippen molar-refractivity contribution in [2.45, 2.75) is 32.7 Å². The molecule has 0 saturated carbocycles. The predicted molar refractivity (Wildman–Crippen MR) is 112 cm³/mol. The van der Waals surface area contributed by atoms with Gasteiger partial charge in [-0.3, -0.25) is 14.9 Å². The summed E-state index contributed by atoms with van der Waals surface area (Å²) in [7, 11) is 0. The number of nitro groups is 1. The highest BCUT2D eigenvalue weighted by molar-refractivity contribution is 14.0. The predicted octanol–water partition coefficient (Wildman–Crippen LogP) is 2.28. The number of carbonyl (C=O) groups is 1. The molecule has 0 aliphatic carbocycles. The number of hydrogen-bond acceptors (Lipinski definition) is 4. The third kappa shape index (κ3) is 6.77. The van der Waals surface area contributed by atoms with Crippen LogP contribution in [0.15, 0.2) is 29.3 Å². The molecule has 1 aromatic carbocycles. The Labute approximate surface area is 170 Å². The van der Waals surface area contributed by atoms with Crippen molar-refractivity contribution >= 4 is 41.5 Å². The number of nitrogens with one attached hydrogen (secondary N) is 2. The van der Waals surface area contributed by atoms with Crippen LogP contribution in [0.2, 0.25) is 0 Å². The second-order valence-corrected chi connectivity index (χ2v) is 5.85. The highest BCUT2D eigenvalue weighted by atomic mass is 127. The van der Waals surface area contributed by atoms with Crippen molar-refractivity contribution in [2.24, 2.45) is 4.99 Å². The molecule has 9 heteroatoms. The summed E-state index contributed by atoms with van der Waals surface area (Å²) in [5, 5.41) is 17.4. The van der Waals surface area contributed by atoms with E-state index in [4.69, 9.17) is 0 Å². The van der Waals surface area contributed by atoms with Crippen molar-refractivity contribution < 1.29 is 9.72 Å². The molecule has 8 nitrogen and oxygen atoms in total. The van der Waals surface area contributed by atoms with Gasteiger partial charge in [-0.25, -0.2) is 4.99 Å². The zero-order chi connectivity index (χ0) is 18.1. The number of rotatable bonds is 8. The molecule has 0 radical (unpaired) electrons. The lowest BCUT2D eigenvalue weighted by Gasteiger charge is -2.16. The average Bonchev–Trinajstić information content (AvgIpc) is 3.01. The first-order chi connectivity index (χ1) is 12.1. The van der Waals surface area contributed by atoms with Crippen molar-refractivity contribution in [3.05, 3.63) is 39.9 Å². The number of guanidine groups is 1. The Bertz CT molecular complexity index is 639. The third-order valence-electron chi connectivity index (χ3n) is 4.01. The molecule has 0 aromatic heterocycles. The van der Waals surface area contributed by atoms with Gasteiger partial charge in [-0.2, -0.15) is 0 Å². The van der Waals surface area contributed by atoms with E-state index in [1.54, 1.807) is 18.2 Å². The maximum Gasteiger partial charge on any atom is 0.274 e. The van der Waals surface area contributed by atoms with E-state index < -0.39 is 4.92 Å². The van der Waals surface area contributed by atoms with Gasteiger partial charge in [-0.05, 0) is 19.8 Å². The molecule has 2 rings (SSSR count). The molecule has 26 heavy (non-hydrogen) atoms. The summed E-state index contributed by atoms with van der Waals surface area (Å²) >= 11 is 0. The van der Waals surface area contributed by atoms with Crippen molar-refractivity contribution in [2.75, 3.05) is 26.2 Å². The van der Waals surface area contributed by atoms with Gasteiger partial charge in [0.25, 0.3) is 5.69 Å². The summed E-state index contributed by atoms with van der Waals surface area (Å²) in [6.45, 7) is 5.18. The van der Waals surface area contributed by atoms with Crippen molar-refractivity contribution in [3.63, 3.8) is 0 Å². The zero-order valence-electron chi connectivity index (χ0n) is 14.9. The van der Waals surface area contributed by atoms with Crippen molar-refractivity contribution in [1.29, 1.82) is 0 Å². The Morgan fingerprint density at radius 2 is 2.12 bits per heavy atom. The van der Waals surface area contributed by atoms with Crippen LogP contribution in [0.3, 0.4) is 0 Å². The van der Waals surface area contributed by atoms with Gasteiger partial charge >= 0.3 is 0 Å². The fraction of sp³-hybridized carbons (Fsp3) is 0.529. The summed E-state index contributed by atoms with van der Waals surface area (Å²) in [4.78, 5) is 28.5. The minimum absolute atomic E-state index is 0. The fourth-order valence-corrected chi connectivity index (χ4v) is 2.75. The Morgan fingerprint density at radius 1 is 1.35 bits per heavy atom. The minimum atomic E-state index is -0.391. The van der Waals surface area contributed by atoms with E-state index in [2.05, 4.69) is 15.6 Å². The molecule has 2 N–H and O–H groups in total. The van der Waals surface area contributed by atoms with Crippen LogP contribution < -0.4 is 10.6 Å². The van der Waals surface area contributed by atoms with Gasteiger partial charge in [-0.1, -0.05) is 18.2 Å². The van der Waals surface area contributed by atoms with Crippen LogP contribution in [0.1, 0.15) is 31.7 Å². The van der Waals surface area contributed by atoms with Gasteiger partial charge < -0.3 is 15.5 Å². The number of aliphatic imine (C=N–C) groups is 1. The van der Waals surface area contributed by atoms with Crippen LogP contribution in [0, 0.1) is 10.1 Å².